The maximum Gasteiger partial charge on any atom is 0.241 e. The quantitative estimate of drug-likeness (QED) is 0.609. The average molecular weight is 296 g/mol. The Morgan fingerprint density at radius 2 is 1.81 bits per heavy atom. The van der Waals surface area contributed by atoms with E-state index in [1.54, 1.807) is 0 Å². The van der Waals surface area contributed by atoms with Gasteiger partial charge in [0.2, 0.25) is 5.91 Å². The molecule has 0 aliphatic carbocycles. The molecule has 1 fully saturated rings. The lowest BCUT2D eigenvalue weighted by atomic mass is 10.0. The minimum absolute atomic E-state index is 0.0413. The summed E-state index contributed by atoms with van der Waals surface area (Å²) >= 11 is 0. The fourth-order valence-electron chi connectivity index (χ4n) is 3.38. The van der Waals surface area contributed by atoms with E-state index >= 15 is 0 Å². The van der Waals surface area contributed by atoms with Crippen LogP contribution in [0, 0.1) is 5.92 Å². The third-order valence-electron chi connectivity index (χ3n) is 4.50. The van der Waals surface area contributed by atoms with Crippen LogP contribution in [0.25, 0.3) is 0 Å². The number of carbonyl (C=O) groups excluding carboxylic acids is 1. The van der Waals surface area contributed by atoms with Gasteiger partial charge in [0.15, 0.2) is 0 Å². The van der Waals surface area contributed by atoms with Crippen molar-refractivity contribution in [3.05, 3.63) is 0 Å². The van der Waals surface area contributed by atoms with E-state index in [4.69, 9.17) is 0 Å². The molecule has 1 amide bonds. The summed E-state index contributed by atoms with van der Waals surface area (Å²) in [5.41, 5.74) is 0. The van der Waals surface area contributed by atoms with E-state index in [0.29, 0.717) is 17.9 Å². The molecule has 0 aromatic carbocycles. The molecular formula is C18H36N2O. The summed E-state index contributed by atoms with van der Waals surface area (Å²) in [6.45, 7) is 11.1. The summed E-state index contributed by atoms with van der Waals surface area (Å²) in [7, 11) is 0. The molecule has 3 nitrogen and oxygen atoms in total. The molecule has 0 aromatic rings. The van der Waals surface area contributed by atoms with Crippen LogP contribution in [0.2, 0.25) is 0 Å². The van der Waals surface area contributed by atoms with Gasteiger partial charge in [-0.15, -0.1) is 0 Å². The zero-order valence-corrected chi connectivity index (χ0v) is 14.8. The van der Waals surface area contributed by atoms with Crippen LogP contribution in [0.4, 0.5) is 0 Å². The monoisotopic (exact) mass is 296 g/mol. The lowest BCUT2D eigenvalue weighted by Gasteiger charge is -2.30. The Hall–Kier alpha value is -0.570. The van der Waals surface area contributed by atoms with Crippen LogP contribution in [0.1, 0.15) is 86.0 Å². The van der Waals surface area contributed by atoms with Gasteiger partial charge >= 0.3 is 0 Å². The van der Waals surface area contributed by atoms with Crippen LogP contribution < -0.4 is 5.32 Å². The molecule has 0 bridgehead atoms. The zero-order chi connectivity index (χ0) is 15.8. The van der Waals surface area contributed by atoms with Gasteiger partial charge < -0.3 is 4.90 Å². The SMILES string of the molecule is CCCCCCC(C)N1C(=O)C(CC(C)C)NC1CCC. The van der Waals surface area contributed by atoms with E-state index in [-0.39, 0.29) is 12.2 Å². The number of unbranched alkanes of at least 4 members (excludes halogenated alkanes) is 3. The van der Waals surface area contributed by atoms with Crippen LogP contribution in [0.15, 0.2) is 0 Å². The van der Waals surface area contributed by atoms with Crippen molar-refractivity contribution >= 4 is 5.91 Å². The van der Waals surface area contributed by atoms with Gasteiger partial charge in [0.25, 0.3) is 0 Å². The molecule has 1 aliphatic heterocycles. The highest BCUT2D eigenvalue weighted by molar-refractivity contribution is 5.84. The summed E-state index contributed by atoms with van der Waals surface area (Å²) in [4.78, 5) is 14.9. The molecule has 1 rings (SSSR count). The van der Waals surface area contributed by atoms with E-state index in [0.717, 1.165) is 25.7 Å². The van der Waals surface area contributed by atoms with Crippen molar-refractivity contribution in [2.45, 2.75) is 104 Å². The number of hydrogen-bond acceptors (Lipinski definition) is 2. The Bertz CT molecular complexity index is 304. The number of carbonyl (C=O) groups is 1. The van der Waals surface area contributed by atoms with Gasteiger partial charge in [-0.3, -0.25) is 10.1 Å². The fraction of sp³-hybridized carbons (Fsp3) is 0.944. The molecule has 124 valence electrons. The van der Waals surface area contributed by atoms with Gasteiger partial charge in [-0.2, -0.15) is 0 Å². The molecule has 3 unspecified atom stereocenters. The van der Waals surface area contributed by atoms with Crippen LogP contribution in [-0.2, 0) is 4.79 Å². The number of nitrogens with zero attached hydrogens (tertiary/aromatic N) is 1. The number of nitrogens with one attached hydrogen (secondary N) is 1. The Morgan fingerprint density at radius 1 is 1.10 bits per heavy atom. The smallest absolute Gasteiger partial charge is 0.241 e. The Morgan fingerprint density at radius 3 is 2.38 bits per heavy atom. The highest BCUT2D eigenvalue weighted by Gasteiger charge is 2.40. The van der Waals surface area contributed by atoms with E-state index in [2.05, 4.69) is 44.8 Å². The van der Waals surface area contributed by atoms with Crippen LogP contribution in [-0.4, -0.2) is 29.1 Å². The molecule has 3 atom stereocenters. The summed E-state index contributed by atoms with van der Waals surface area (Å²) in [6.07, 6.45) is 9.67. The van der Waals surface area contributed by atoms with E-state index in [1.165, 1.54) is 25.7 Å². The van der Waals surface area contributed by atoms with Crippen molar-refractivity contribution in [2.24, 2.45) is 5.92 Å². The number of amides is 1. The van der Waals surface area contributed by atoms with Crippen molar-refractivity contribution < 1.29 is 4.79 Å². The first-order valence-corrected chi connectivity index (χ1v) is 9.09. The Balaban J connectivity index is 2.59. The first-order chi connectivity index (χ1) is 10.0. The second-order valence-corrected chi connectivity index (χ2v) is 7.10. The summed E-state index contributed by atoms with van der Waals surface area (Å²) < 4.78 is 0. The normalized spacial score (nSPS) is 24.1. The minimum Gasteiger partial charge on any atom is -0.323 e. The van der Waals surface area contributed by atoms with Crippen molar-refractivity contribution in [1.82, 2.24) is 10.2 Å². The van der Waals surface area contributed by atoms with Crippen LogP contribution in [0.5, 0.6) is 0 Å². The standard InChI is InChI=1S/C18H36N2O/c1-6-8-9-10-12-15(5)20-17(11-7-2)19-16(18(20)21)13-14(3)4/h14-17,19H,6-13H2,1-5H3. The molecule has 0 radical (unpaired) electrons. The van der Waals surface area contributed by atoms with E-state index in [1.807, 2.05) is 0 Å². The topological polar surface area (TPSA) is 32.3 Å². The predicted molar refractivity (Wildman–Crippen MR) is 90.1 cm³/mol. The summed E-state index contributed by atoms with van der Waals surface area (Å²) in [6, 6.07) is 0.412. The molecule has 1 N–H and O–H groups in total. The molecule has 1 heterocycles. The maximum atomic E-state index is 12.7. The van der Waals surface area contributed by atoms with Crippen LogP contribution in [0.3, 0.4) is 0 Å². The highest BCUT2D eigenvalue weighted by atomic mass is 16.2. The van der Waals surface area contributed by atoms with Gasteiger partial charge in [-0.1, -0.05) is 59.8 Å². The third kappa shape index (κ3) is 5.61. The molecule has 1 saturated heterocycles. The molecular weight excluding hydrogens is 260 g/mol. The molecule has 0 saturated carbocycles. The first-order valence-electron chi connectivity index (χ1n) is 9.09. The van der Waals surface area contributed by atoms with Gasteiger partial charge in [0.05, 0.1) is 12.2 Å². The molecule has 21 heavy (non-hydrogen) atoms. The van der Waals surface area contributed by atoms with Gasteiger partial charge in [-0.25, -0.2) is 0 Å². The molecule has 0 spiro atoms. The third-order valence-corrected chi connectivity index (χ3v) is 4.50. The van der Waals surface area contributed by atoms with Gasteiger partial charge in [0, 0.05) is 6.04 Å². The molecule has 0 aromatic heterocycles. The lowest BCUT2D eigenvalue weighted by Crippen LogP contribution is -2.43. The highest BCUT2D eigenvalue weighted by Crippen LogP contribution is 2.24. The maximum absolute atomic E-state index is 12.7. The second-order valence-electron chi connectivity index (χ2n) is 7.10. The average Bonchev–Trinajstić information content (AvgIpc) is 2.71. The number of rotatable bonds is 10. The van der Waals surface area contributed by atoms with Crippen LogP contribution >= 0.6 is 0 Å². The second kappa shape index (κ2) is 9.45. The first kappa shape index (κ1) is 18.5. The zero-order valence-electron chi connectivity index (χ0n) is 14.8. The van der Waals surface area contributed by atoms with Crippen molar-refractivity contribution in [1.29, 1.82) is 0 Å². The van der Waals surface area contributed by atoms with Crippen molar-refractivity contribution in [3.8, 4) is 0 Å². The predicted octanol–water partition coefficient (Wildman–Crippen LogP) is 4.32. The Kier molecular flexibility index (Phi) is 8.31. The minimum atomic E-state index is 0.0413. The number of hydrogen-bond donors (Lipinski definition) is 1. The van der Waals surface area contributed by atoms with Gasteiger partial charge in [0.1, 0.15) is 0 Å². The largest absolute Gasteiger partial charge is 0.323 e. The van der Waals surface area contributed by atoms with Crippen molar-refractivity contribution in [3.63, 3.8) is 0 Å². The van der Waals surface area contributed by atoms with Crippen molar-refractivity contribution in [2.75, 3.05) is 0 Å². The molecule has 1 aliphatic rings. The lowest BCUT2D eigenvalue weighted by molar-refractivity contribution is -0.132. The van der Waals surface area contributed by atoms with E-state index in [9.17, 15) is 4.79 Å². The molecule has 3 heteroatoms. The Labute approximate surface area is 131 Å². The van der Waals surface area contributed by atoms with Gasteiger partial charge in [-0.05, 0) is 32.1 Å². The fourth-order valence-corrected chi connectivity index (χ4v) is 3.38. The summed E-state index contributed by atoms with van der Waals surface area (Å²) in [5.74, 6) is 0.902. The summed E-state index contributed by atoms with van der Waals surface area (Å²) in [5, 5.41) is 3.58. The van der Waals surface area contributed by atoms with E-state index < -0.39 is 0 Å².